The molecule has 2 aliphatic heterocycles. The van der Waals surface area contributed by atoms with Crippen LogP contribution in [0.2, 0.25) is 0 Å². The van der Waals surface area contributed by atoms with E-state index in [2.05, 4.69) is 49.8 Å². The first kappa shape index (κ1) is 18.9. The van der Waals surface area contributed by atoms with Crippen LogP contribution in [0.3, 0.4) is 0 Å². The van der Waals surface area contributed by atoms with E-state index in [1.54, 1.807) is 6.20 Å². The van der Waals surface area contributed by atoms with Crippen molar-refractivity contribution >= 4 is 11.6 Å². The van der Waals surface area contributed by atoms with E-state index in [1.165, 1.54) is 5.56 Å². The van der Waals surface area contributed by atoms with Gasteiger partial charge in [0, 0.05) is 56.6 Å². The number of carbonyl (C=O) groups is 1. The lowest BCUT2D eigenvalue weighted by Crippen LogP contribution is -2.44. The minimum absolute atomic E-state index is 0.181. The van der Waals surface area contributed by atoms with Gasteiger partial charge in [-0.2, -0.15) is 0 Å². The van der Waals surface area contributed by atoms with Crippen LogP contribution in [-0.4, -0.2) is 56.2 Å². The SMILES string of the molecule is CC1Cc2ccccc2N1C(=O)CN1CCc2nnc(Cc3cccnc3)n2CC1. The largest absolute Gasteiger partial charge is 0.313 e. The summed E-state index contributed by atoms with van der Waals surface area (Å²) in [5, 5.41) is 8.83. The third kappa shape index (κ3) is 3.61. The summed E-state index contributed by atoms with van der Waals surface area (Å²) < 4.78 is 2.21. The van der Waals surface area contributed by atoms with Gasteiger partial charge in [-0.05, 0) is 36.6 Å². The zero-order valence-corrected chi connectivity index (χ0v) is 17.2. The molecule has 1 atom stereocenters. The highest BCUT2D eigenvalue weighted by molar-refractivity contribution is 5.97. The molecule has 30 heavy (non-hydrogen) atoms. The monoisotopic (exact) mass is 402 g/mol. The molecule has 4 heterocycles. The molecule has 0 saturated carbocycles. The Morgan fingerprint density at radius 1 is 1.10 bits per heavy atom. The summed E-state index contributed by atoms with van der Waals surface area (Å²) in [6, 6.07) is 12.5. The number of hydrogen-bond acceptors (Lipinski definition) is 5. The lowest BCUT2D eigenvalue weighted by Gasteiger charge is -2.27. The Kier molecular flexibility index (Phi) is 5.04. The smallest absolute Gasteiger partial charge is 0.241 e. The molecule has 0 bridgehead atoms. The quantitative estimate of drug-likeness (QED) is 0.669. The molecule has 2 aromatic heterocycles. The Hall–Kier alpha value is -3.06. The fourth-order valence-corrected chi connectivity index (χ4v) is 4.61. The first-order chi connectivity index (χ1) is 14.7. The van der Waals surface area contributed by atoms with Gasteiger partial charge in [-0.3, -0.25) is 14.7 Å². The van der Waals surface area contributed by atoms with Crippen molar-refractivity contribution in [2.75, 3.05) is 24.5 Å². The molecule has 3 aromatic rings. The van der Waals surface area contributed by atoms with E-state index < -0.39 is 0 Å². The van der Waals surface area contributed by atoms with Crippen LogP contribution in [-0.2, 0) is 30.6 Å². The number of hydrogen-bond donors (Lipinski definition) is 0. The van der Waals surface area contributed by atoms with Crippen LogP contribution >= 0.6 is 0 Å². The molecule has 0 N–H and O–H groups in total. The van der Waals surface area contributed by atoms with Gasteiger partial charge in [-0.15, -0.1) is 10.2 Å². The van der Waals surface area contributed by atoms with Crippen LogP contribution in [0, 0.1) is 0 Å². The molecular formula is C23H26N6O. The van der Waals surface area contributed by atoms with Crippen molar-refractivity contribution in [2.24, 2.45) is 0 Å². The maximum Gasteiger partial charge on any atom is 0.241 e. The summed E-state index contributed by atoms with van der Waals surface area (Å²) in [4.78, 5) is 21.6. The molecule has 1 amide bonds. The molecule has 7 nitrogen and oxygen atoms in total. The number of aromatic nitrogens is 4. The highest BCUT2D eigenvalue weighted by Gasteiger charge is 2.31. The molecule has 154 valence electrons. The van der Waals surface area contributed by atoms with Crippen molar-refractivity contribution in [1.29, 1.82) is 0 Å². The van der Waals surface area contributed by atoms with E-state index in [0.29, 0.717) is 6.54 Å². The first-order valence-corrected chi connectivity index (χ1v) is 10.6. The molecule has 0 radical (unpaired) electrons. The Balaban J connectivity index is 1.26. The average molecular weight is 403 g/mol. The number of benzene rings is 1. The van der Waals surface area contributed by atoms with Gasteiger partial charge in [0.05, 0.1) is 6.54 Å². The standard InChI is InChI=1S/C23H26N6O/c1-17-13-19-6-2-3-7-20(19)29(17)23(30)16-27-10-8-21-25-26-22(28(21)12-11-27)14-18-5-4-9-24-15-18/h2-7,9,15,17H,8,10-14,16H2,1H3. The molecule has 1 aromatic carbocycles. The van der Waals surface area contributed by atoms with Gasteiger partial charge in [0.15, 0.2) is 0 Å². The molecule has 0 spiro atoms. The highest BCUT2D eigenvalue weighted by atomic mass is 16.2. The summed E-state index contributed by atoms with van der Waals surface area (Å²) >= 11 is 0. The van der Waals surface area contributed by atoms with Gasteiger partial charge in [0.25, 0.3) is 0 Å². The Labute approximate surface area is 176 Å². The zero-order chi connectivity index (χ0) is 20.5. The number of para-hydroxylation sites is 1. The maximum absolute atomic E-state index is 13.2. The maximum atomic E-state index is 13.2. The van der Waals surface area contributed by atoms with Crippen molar-refractivity contribution in [3.63, 3.8) is 0 Å². The van der Waals surface area contributed by atoms with Crippen molar-refractivity contribution in [1.82, 2.24) is 24.6 Å². The van der Waals surface area contributed by atoms with E-state index in [-0.39, 0.29) is 11.9 Å². The third-order valence-electron chi connectivity index (χ3n) is 6.12. The minimum atomic E-state index is 0.181. The van der Waals surface area contributed by atoms with Crippen LogP contribution in [0.25, 0.3) is 0 Å². The topological polar surface area (TPSA) is 67.2 Å². The summed E-state index contributed by atoms with van der Waals surface area (Å²) in [6.07, 6.45) is 6.11. The summed E-state index contributed by atoms with van der Waals surface area (Å²) in [5.41, 5.74) is 3.46. The fourth-order valence-electron chi connectivity index (χ4n) is 4.61. The molecule has 2 aliphatic rings. The first-order valence-electron chi connectivity index (χ1n) is 10.6. The van der Waals surface area contributed by atoms with Crippen LogP contribution in [0.5, 0.6) is 0 Å². The fraction of sp³-hybridized carbons (Fsp3) is 0.391. The van der Waals surface area contributed by atoms with Crippen molar-refractivity contribution in [3.8, 4) is 0 Å². The number of carbonyl (C=O) groups excluding carboxylic acids is 1. The second kappa shape index (κ2) is 7.99. The van der Waals surface area contributed by atoms with Crippen molar-refractivity contribution in [2.45, 2.75) is 38.8 Å². The Bertz CT molecular complexity index is 1050. The van der Waals surface area contributed by atoms with Crippen LogP contribution in [0.4, 0.5) is 5.69 Å². The van der Waals surface area contributed by atoms with E-state index in [0.717, 1.165) is 61.8 Å². The second-order valence-electron chi connectivity index (χ2n) is 8.19. The molecule has 7 heteroatoms. The number of fused-ring (bicyclic) bond motifs is 2. The van der Waals surface area contributed by atoms with Gasteiger partial charge in [-0.25, -0.2) is 0 Å². The van der Waals surface area contributed by atoms with Gasteiger partial charge in [0.1, 0.15) is 11.6 Å². The molecule has 0 fully saturated rings. The van der Waals surface area contributed by atoms with Crippen molar-refractivity contribution in [3.05, 3.63) is 71.6 Å². The normalized spacial score (nSPS) is 18.7. The lowest BCUT2D eigenvalue weighted by atomic mass is 10.1. The van der Waals surface area contributed by atoms with Gasteiger partial charge in [-0.1, -0.05) is 24.3 Å². The molecule has 5 rings (SSSR count). The number of pyridine rings is 1. The Morgan fingerprint density at radius 3 is 2.87 bits per heavy atom. The van der Waals surface area contributed by atoms with Crippen LogP contribution in [0.1, 0.15) is 29.7 Å². The number of nitrogens with zero attached hydrogens (tertiary/aromatic N) is 6. The molecule has 0 aliphatic carbocycles. The van der Waals surface area contributed by atoms with Gasteiger partial charge < -0.3 is 9.47 Å². The number of anilines is 1. The number of amides is 1. The zero-order valence-electron chi connectivity index (χ0n) is 17.2. The van der Waals surface area contributed by atoms with E-state index >= 15 is 0 Å². The van der Waals surface area contributed by atoms with E-state index in [1.807, 2.05) is 29.3 Å². The van der Waals surface area contributed by atoms with Crippen molar-refractivity contribution < 1.29 is 4.79 Å². The Morgan fingerprint density at radius 2 is 2.00 bits per heavy atom. The predicted molar refractivity (Wildman–Crippen MR) is 114 cm³/mol. The minimum Gasteiger partial charge on any atom is -0.313 e. The van der Waals surface area contributed by atoms with Gasteiger partial charge >= 0.3 is 0 Å². The van der Waals surface area contributed by atoms with Gasteiger partial charge in [0.2, 0.25) is 5.91 Å². The van der Waals surface area contributed by atoms with E-state index in [9.17, 15) is 4.79 Å². The summed E-state index contributed by atoms with van der Waals surface area (Å²) in [5.74, 6) is 2.15. The summed E-state index contributed by atoms with van der Waals surface area (Å²) in [6.45, 7) is 5.01. The van der Waals surface area contributed by atoms with Crippen LogP contribution < -0.4 is 4.90 Å². The number of rotatable bonds is 4. The highest BCUT2D eigenvalue weighted by Crippen LogP contribution is 2.31. The van der Waals surface area contributed by atoms with E-state index in [4.69, 9.17) is 0 Å². The lowest BCUT2D eigenvalue weighted by molar-refractivity contribution is -0.120. The molecular weight excluding hydrogens is 376 g/mol. The average Bonchev–Trinajstić information content (AvgIpc) is 3.22. The predicted octanol–water partition coefficient (Wildman–Crippen LogP) is 2.10. The second-order valence-corrected chi connectivity index (χ2v) is 8.19. The third-order valence-corrected chi connectivity index (χ3v) is 6.12. The summed E-state index contributed by atoms with van der Waals surface area (Å²) in [7, 11) is 0. The van der Waals surface area contributed by atoms with Crippen LogP contribution in [0.15, 0.2) is 48.8 Å². The molecule has 0 saturated heterocycles. The molecule has 1 unspecified atom stereocenters.